The number of thioether (sulfide) groups is 1. The van der Waals surface area contributed by atoms with Crippen molar-refractivity contribution in [2.45, 2.75) is 38.3 Å². The summed E-state index contributed by atoms with van der Waals surface area (Å²) in [6, 6.07) is 7.80. The Morgan fingerprint density at radius 3 is 3.05 bits per heavy atom. The monoisotopic (exact) mass is 280 g/mol. The molecule has 1 fully saturated rings. The highest BCUT2D eigenvalue weighted by Gasteiger charge is 2.21. The second kappa shape index (κ2) is 6.91. The molecule has 1 aliphatic heterocycles. The van der Waals surface area contributed by atoms with Crippen LogP contribution in [0.5, 0.6) is 0 Å². The molecule has 1 aliphatic rings. The minimum Gasteiger partial charge on any atom is -0.306 e. The van der Waals surface area contributed by atoms with Crippen LogP contribution < -0.4 is 5.32 Å². The fraction of sp³-hybridized carbons (Fsp3) is 0.571. The number of benzene rings is 1. The van der Waals surface area contributed by atoms with Crippen LogP contribution in [-0.4, -0.2) is 22.5 Å². The number of nitro groups is 1. The Hall–Kier alpha value is -1.07. The first-order valence-electron chi connectivity index (χ1n) is 6.79. The first-order chi connectivity index (χ1) is 9.20. The fourth-order valence-electron chi connectivity index (χ4n) is 2.44. The molecule has 1 N–H and O–H groups in total. The SMILES string of the molecule is CCCC(NC1CCSC1)c1cccc([N+](=O)[O-])c1. The maximum absolute atomic E-state index is 10.9. The standard InChI is InChI=1S/C14H20N2O2S/c1-2-4-14(15-12-7-8-19-10-12)11-5-3-6-13(9-11)16(17)18/h3,5-6,9,12,14-15H,2,4,7-8,10H2,1H3. The number of hydrogen-bond acceptors (Lipinski definition) is 4. The maximum Gasteiger partial charge on any atom is 0.269 e. The van der Waals surface area contributed by atoms with Crippen LogP contribution in [-0.2, 0) is 0 Å². The Labute approximate surface area is 118 Å². The molecule has 2 rings (SSSR count). The highest BCUT2D eigenvalue weighted by atomic mass is 32.2. The van der Waals surface area contributed by atoms with Crippen molar-refractivity contribution in [3.8, 4) is 0 Å². The molecular weight excluding hydrogens is 260 g/mol. The van der Waals surface area contributed by atoms with Crippen LogP contribution in [0.25, 0.3) is 0 Å². The third-order valence-corrected chi connectivity index (χ3v) is 4.59. The molecule has 19 heavy (non-hydrogen) atoms. The summed E-state index contributed by atoms with van der Waals surface area (Å²) in [6.07, 6.45) is 3.28. The van der Waals surface area contributed by atoms with Gasteiger partial charge < -0.3 is 5.32 Å². The molecule has 0 aliphatic carbocycles. The van der Waals surface area contributed by atoms with E-state index in [-0.39, 0.29) is 16.7 Å². The van der Waals surface area contributed by atoms with Crippen LogP contribution in [0, 0.1) is 10.1 Å². The lowest BCUT2D eigenvalue weighted by molar-refractivity contribution is -0.384. The summed E-state index contributed by atoms with van der Waals surface area (Å²) in [5, 5.41) is 14.5. The average molecular weight is 280 g/mol. The van der Waals surface area contributed by atoms with Crippen LogP contribution in [0.2, 0.25) is 0 Å². The van der Waals surface area contributed by atoms with Crippen molar-refractivity contribution in [2.75, 3.05) is 11.5 Å². The normalized spacial score (nSPS) is 20.4. The topological polar surface area (TPSA) is 55.2 Å². The molecule has 5 heteroatoms. The molecule has 1 aromatic rings. The smallest absolute Gasteiger partial charge is 0.269 e. The molecule has 0 amide bonds. The Balaban J connectivity index is 2.12. The number of non-ortho nitro benzene ring substituents is 1. The van der Waals surface area contributed by atoms with Gasteiger partial charge in [0.25, 0.3) is 5.69 Å². The highest BCUT2D eigenvalue weighted by molar-refractivity contribution is 7.99. The first kappa shape index (κ1) is 14.3. The lowest BCUT2D eigenvalue weighted by atomic mass is 10.0. The lowest BCUT2D eigenvalue weighted by Gasteiger charge is -2.22. The molecule has 0 radical (unpaired) electrons. The molecule has 1 saturated heterocycles. The van der Waals surface area contributed by atoms with E-state index in [0.717, 1.165) is 24.2 Å². The Bertz CT molecular complexity index is 433. The minimum absolute atomic E-state index is 0.182. The molecule has 0 saturated carbocycles. The Morgan fingerprint density at radius 2 is 2.42 bits per heavy atom. The van der Waals surface area contributed by atoms with Crippen LogP contribution >= 0.6 is 11.8 Å². The number of nitrogens with zero attached hydrogens (tertiary/aromatic N) is 1. The third kappa shape index (κ3) is 3.94. The van der Waals surface area contributed by atoms with E-state index in [4.69, 9.17) is 0 Å². The van der Waals surface area contributed by atoms with E-state index in [1.54, 1.807) is 18.2 Å². The molecule has 4 nitrogen and oxygen atoms in total. The summed E-state index contributed by atoms with van der Waals surface area (Å²) in [5.74, 6) is 2.36. The second-order valence-electron chi connectivity index (χ2n) is 4.92. The predicted molar refractivity (Wildman–Crippen MR) is 79.6 cm³/mol. The lowest BCUT2D eigenvalue weighted by Crippen LogP contribution is -2.32. The number of rotatable bonds is 6. The van der Waals surface area contributed by atoms with Gasteiger partial charge in [-0.3, -0.25) is 10.1 Å². The first-order valence-corrected chi connectivity index (χ1v) is 7.94. The van der Waals surface area contributed by atoms with Crippen molar-refractivity contribution in [1.82, 2.24) is 5.32 Å². The highest BCUT2D eigenvalue weighted by Crippen LogP contribution is 2.26. The van der Waals surface area contributed by atoms with Crippen LogP contribution in [0.4, 0.5) is 5.69 Å². The molecule has 0 bridgehead atoms. The molecule has 1 aromatic carbocycles. The van der Waals surface area contributed by atoms with Crippen molar-refractivity contribution in [1.29, 1.82) is 0 Å². The summed E-state index contributed by atoms with van der Waals surface area (Å²) < 4.78 is 0. The minimum atomic E-state index is -0.322. The van der Waals surface area contributed by atoms with Crippen molar-refractivity contribution in [3.63, 3.8) is 0 Å². The molecular formula is C14H20N2O2S. The quantitative estimate of drug-likeness (QED) is 0.639. The van der Waals surface area contributed by atoms with Gasteiger partial charge in [0, 0.05) is 30.0 Å². The number of nitrogens with one attached hydrogen (secondary N) is 1. The maximum atomic E-state index is 10.9. The van der Waals surface area contributed by atoms with E-state index in [1.165, 1.54) is 12.2 Å². The van der Waals surface area contributed by atoms with Gasteiger partial charge >= 0.3 is 0 Å². The molecule has 104 valence electrons. The zero-order valence-corrected chi connectivity index (χ0v) is 12.0. The van der Waals surface area contributed by atoms with Gasteiger partial charge in [-0.1, -0.05) is 25.5 Å². The summed E-state index contributed by atoms with van der Waals surface area (Å²) in [7, 11) is 0. The summed E-state index contributed by atoms with van der Waals surface area (Å²) in [6.45, 7) is 2.15. The number of hydrogen-bond donors (Lipinski definition) is 1. The molecule has 0 aromatic heterocycles. The fourth-order valence-corrected chi connectivity index (χ4v) is 3.61. The number of nitro benzene ring substituents is 1. The summed E-state index contributed by atoms with van der Waals surface area (Å²) in [4.78, 5) is 10.5. The van der Waals surface area contributed by atoms with E-state index in [1.807, 2.05) is 17.8 Å². The van der Waals surface area contributed by atoms with Gasteiger partial charge in [0.2, 0.25) is 0 Å². The summed E-state index contributed by atoms with van der Waals surface area (Å²) >= 11 is 1.97. The van der Waals surface area contributed by atoms with Gasteiger partial charge in [0.15, 0.2) is 0 Å². The zero-order valence-electron chi connectivity index (χ0n) is 11.2. The van der Waals surface area contributed by atoms with E-state index in [9.17, 15) is 10.1 Å². The van der Waals surface area contributed by atoms with E-state index in [2.05, 4.69) is 12.2 Å². The van der Waals surface area contributed by atoms with E-state index < -0.39 is 0 Å². The summed E-state index contributed by atoms with van der Waals surface area (Å²) in [5.41, 5.74) is 1.22. The zero-order chi connectivity index (χ0) is 13.7. The van der Waals surface area contributed by atoms with Crippen molar-refractivity contribution in [3.05, 3.63) is 39.9 Å². The predicted octanol–water partition coefficient (Wildman–Crippen LogP) is 3.53. The van der Waals surface area contributed by atoms with Crippen LogP contribution in [0.3, 0.4) is 0 Å². The molecule has 0 spiro atoms. The second-order valence-corrected chi connectivity index (χ2v) is 6.07. The molecule has 2 unspecified atom stereocenters. The molecule has 2 atom stereocenters. The van der Waals surface area contributed by atoms with Gasteiger partial charge in [-0.15, -0.1) is 0 Å². The van der Waals surface area contributed by atoms with Crippen molar-refractivity contribution in [2.24, 2.45) is 0 Å². The largest absolute Gasteiger partial charge is 0.306 e. The Morgan fingerprint density at radius 1 is 1.58 bits per heavy atom. The van der Waals surface area contributed by atoms with E-state index in [0.29, 0.717) is 6.04 Å². The van der Waals surface area contributed by atoms with Crippen molar-refractivity contribution < 1.29 is 4.92 Å². The van der Waals surface area contributed by atoms with Crippen LogP contribution in [0.1, 0.15) is 37.8 Å². The van der Waals surface area contributed by atoms with Gasteiger partial charge in [-0.25, -0.2) is 0 Å². The van der Waals surface area contributed by atoms with Crippen LogP contribution in [0.15, 0.2) is 24.3 Å². The molecule has 1 heterocycles. The van der Waals surface area contributed by atoms with Gasteiger partial charge in [0.1, 0.15) is 0 Å². The third-order valence-electron chi connectivity index (χ3n) is 3.43. The van der Waals surface area contributed by atoms with Gasteiger partial charge in [-0.2, -0.15) is 11.8 Å². The van der Waals surface area contributed by atoms with E-state index >= 15 is 0 Å². The Kier molecular flexibility index (Phi) is 5.22. The van der Waals surface area contributed by atoms with Gasteiger partial charge in [-0.05, 0) is 24.2 Å². The van der Waals surface area contributed by atoms with Crippen molar-refractivity contribution >= 4 is 17.4 Å². The van der Waals surface area contributed by atoms with Gasteiger partial charge in [0.05, 0.1) is 4.92 Å². The average Bonchev–Trinajstić information content (AvgIpc) is 2.91.